The highest BCUT2D eigenvalue weighted by atomic mass is 19.1. The molecule has 0 bridgehead atoms. The fourth-order valence-corrected chi connectivity index (χ4v) is 2.19. The SMILES string of the molecule is CC1(C)CC(Nc2c(F)cccc2F)CCO1. The van der Waals surface area contributed by atoms with Crippen LogP contribution in [-0.4, -0.2) is 18.2 Å². The Morgan fingerprint density at radius 1 is 1.29 bits per heavy atom. The highest BCUT2D eigenvalue weighted by Crippen LogP contribution is 2.28. The van der Waals surface area contributed by atoms with Crippen molar-refractivity contribution in [1.29, 1.82) is 0 Å². The van der Waals surface area contributed by atoms with Gasteiger partial charge >= 0.3 is 0 Å². The van der Waals surface area contributed by atoms with Crippen LogP contribution in [0.4, 0.5) is 14.5 Å². The molecule has 94 valence electrons. The van der Waals surface area contributed by atoms with Crippen LogP contribution in [0.15, 0.2) is 18.2 Å². The van der Waals surface area contributed by atoms with Crippen molar-refractivity contribution in [3.63, 3.8) is 0 Å². The molecule has 4 heteroatoms. The third-order valence-corrected chi connectivity index (χ3v) is 3.01. The lowest BCUT2D eigenvalue weighted by atomic mass is 9.94. The molecule has 1 N–H and O–H groups in total. The van der Waals surface area contributed by atoms with Crippen LogP contribution in [0.5, 0.6) is 0 Å². The molecule has 1 aromatic rings. The topological polar surface area (TPSA) is 21.3 Å². The second-order valence-corrected chi connectivity index (χ2v) is 5.04. The molecule has 1 unspecified atom stereocenters. The van der Waals surface area contributed by atoms with Gasteiger partial charge in [-0.25, -0.2) is 8.78 Å². The summed E-state index contributed by atoms with van der Waals surface area (Å²) < 4.78 is 32.5. The van der Waals surface area contributed by atoms with E-state index < -0.39 is 11.6 Å². The number of halogens is 2. The van der Waals surface area contributed by atoms with Gasteiger partial charge in [-0.05, 0) is 38.8 Å². The Labute approximate surface area is 100.0 Å². The zero-order valence-electron chi connectivity index (χ0n) is 10.1. The van der Waals surface area contributed by atoms with E-state index in [2.05, 4.69) is 5.32 Å². The summed E-state index contributed by atoms with van der Waals surface area (Å²) in [6, 6.07) is 3.93. The van der Waals surface area contributed by atoms with E-state index in [4.69, 9.17) is 4.74 Å². The number of anilines is 1. The molecule has 1 aliphatic heterocycles. The summed E-state index contributed by atoms with van der Waals surface area (Å²) in [5, 5.41) is 2.94. The monoisotopic (exact) mass is 241 g/mol. The van der Waals surface area contributed by atoms with Crippen molar-refractivity contribution in [2.45, 2.75) is 38.3 Å². The van der Waals surface area contributed by atoms with Crippen LogP contribution in [0.2, 0.25) is 0 Å². The average molecular weight is 241 g/mol. The van der Waals surface area contributed by atoms with Gasteiger partial charge in [-0.15, -0.1) is 0 Å². The summed E-state index contributed by atoms with van der Waals surface area (Å²) >= 11 is 0. The third kappa shape index (κ3) is 2.94. The first-order valence-corrected chi connectivity index (χ1v) is 5.82. The van der Waals surface area contributed by atoms with E-state index in [1.54, 1.807) is 0 Å². The summed E-state index contributed by atoms with van der Waals surface area (Å²) in [5.41, 5.74) is -0.271. The van der Waals surface area contributed by atoms with Crippen LogP contribution in [0.25, 0.3) is 0 Å². The number of benzene rings is 1. The Hall–Kier alpha value is -1.16. The Bertz CT molecular complexity index is 386. The fourth-order valence-electron chi connectivity index (χ4n) is 2.19. The minimum absolute atomic E-state index is 0.0322. The lowest BCUT2D eigenvalue weighted by Gasteiger charge is -2.36. The fraction of sp³-hybridized carbons (Fsp3) is 0.538. The Morgan fingerprint density at radius 3 is 2.53 bits per heavy atom. The van der Waals surface area contributed by atoms with Gasteiger partial charge in [-0.2, -0.15) is 0 Å². The third-order valence-electron chi connectivity index (χ3n) is 3.01. The molecule has 0 saturated carbocycles. The number of ether oxygens (including phenoxy) is 1. The minimum atomic E-state index is -0.547. The van der Waals surface area contributed by atoms with Gasteiger partial charge in [0.05, 0.1) is 5.60 Å². The molecule has 17 heavy (non-hydrogen) atoms. The van der Waals surface area contributed by atoms with Gasteiger partial charge in [-0.3, -0.25) is 0 Å². The second-order valence-electron chi connectivity index (χ2n) is 5.04. The average Bonchev–Trinajstić information content (AvgIpc) is 2.22. The quantitative estimate of drug-likeness (QED) is 0.857. The molecule has 1 aliphatic rings. The van der Waals surface area contributed by atoms with Crippen molar-refractivity contribution in [3.05, 3.63) is 29.8 Å². The van der Waals surface area contributed by atoms with Crippen LogP contribution < -0.4 is 5.32 Å². The number of hydrogen-bond donors (Lipinski definition) is 1. The van der Waals surface area contributed by atoms with Crippen LogP contribution >= 0.6 is 0 Å². The van der Waals surface area contributed by atoms with Gasteiger partial charge in [0.15, 0.2) is 0 Å². The maximum atomic E-state index is 13.5. The van der Waals surface area contributed by atoms with Gasteiger partial charge in [-0.1, -0.05) is 6.07 Å². The van der Waals surface area contributed by atoms with Crippen LogP contribution in [0.1, 0.15) is 26.7 Å². The van der Waals surface area contributed by atoms with Gasteiger partial charge in [0.25, 0.3) is 0 Å². The maximum Gasteiger partial charge on any atom is 0.149 e. The highest BCUT2D eigenvalue weighted by Gasteiger charge is 2.29. The molecule has 2 rings (SSSR count). The summed E-state index contributed by atoms with van der Waals surface area (Å²) in [6.45, 7) is 4.58. The smallest absolute Gasteiger partial charge is 0.149 e. The molecule has 2 nitrogen and oxygen atoms in total. The second kappa shape index (κ2) is 4.61. The van der Waals surface area contributed by atoms with E-state index in [1.165, 1.54) is 18.2 Å². The van der Waals surface area contributed by atoms with Gasteiger partial charge in [0.2, 0.25) is 0 Å². The Balaban J connectivity index is 2.10. The van der Waals surface area contributed by atoms with E-state index in [0.29, 0.717) is 6.61 Å². The van der Waals surface area contributed by atoms with E-state index in [1.807, 2.05) is 13.8 Å². The van der Waals surface area contributed by atoms with Gasteiger partial charge < -0.3 is 10.1 Å². The van der Waals surface area contributed by atoms with Gasteiger partial charge in [0, 0.05) is 12.6 Å². The number of rotatable bonds is 2. The summed E-state index contributed by atoms with van der Waals surface area (Å²) in [7, 11) is 0. The number of para-hydroxylation sites is 1. The zero-order valence-corrected chi connectivity index (χ0v) is 10.1. The molecule has 0 radical (unpaired) electrons. The number of nitrogens with one attached hydrogen (secondary N) is 1. The largest absolute Gasteiger partial charge is 0.377 e. The van der Waals surface area contributed by atoms with Crippen molar-refractivity contribution >= 4 is 5.69 Å². The lowest BCUT2D eigenvalue weighted by molar-refractivity contribution is -0.0553. The molecular weight excluding hydrogens is 224 g/mol. The van der Waals surface area contributed by atoms with Crippen LogP contribution in [0.3, 0.4) is 0 Å². The van der Waals surface area contributed by atoms with Crippen molar-refractivity contribution in [2.24, 2.45) is 0 Å². The van der Waals surface area contributed by atoms with Crippen molar-refractivity contribution in [3.8, 4) is 0 Å². The molecule has 0 amide bonds. The van der Waals surface area contributed by atoms with Gasteiger partial charge in [0.1, 0.15) is 17.3 Å². The molecule has 0 spiro atoms. The molecule has 0 aromatic heterocycles. The van der Waals surface area contributed by atoms with E-state index in [0.717, 1.165) is 12.8 Å². The zero-order chi connectivity index (χ0) is 12.5. The van der Waals surface area contributed by atoms with Crippen LogP contribution in [-0.2, 0) is 4.74 Å². The Morgan fingerprint density at radius 2 is 1.94 bits per heavy atom. The minimum Gasteiger partial charge on any atom is -0.377 e. The van der Waals surface area contributed by atoms with Crippen molar-refractivity contribution in [1.82, 2.24) is 0 Å². The maximum absolute atomic E-state index is 13.5. The molecule has 1 heterocycles. The molecule has 1 atom stereocenters. The van der Waals surface area contributed by atoms with Crippen molar-refractivity contribution < 1.29 is 13.5 Å². The normalized spacial score (nSPS) is 23.4. The van der Waals surface area contributed by atoms with E-state index in [-0.39, 0.29) is 17.3 Å². The predicted octanol–water partition coefficient (Wildman–Crippen LogP) is 3.33. The molecule has 0 aliphatic carbocycles. The predicted molar refractivity (Wildman–Crippen MR) is 63.0 cm³/mol. The van der Waals surface area contributed by atoms with Crippen LogP contribution in [0, 0.1) is 11.6 Å². The first kappa shape index (κ1) is 12.3. The summed E-state index contributed by atoms with van der Waals surface area (Å²) in [6.07, 6.45) is 1.50. The number of hydrogen-bond acceptors (Lipinski definition) is 2. The molecular formula is C13H17F2NO. The first-order valence-electron chi connectivity index (χ1n) is 5.82. The molecule has 1 fully saturated rings. The van der Waals surface area contributed by atoms with Crippen molar-refractivity contribution in [2.75, 3.05) is 11.9 Å². The summed E-state index contributed by atoms with van der Waals surface area (Å²) in [4.78, 5) is 0. The summed E-state index contributed by atoms with van der Waals surface area (Å²) in [5.74, 6) is -1.09. The molecule has 1 aromatic carbocycles. The Kier molecular flexibility index (Phi) is 3.33. The standard InChI is InChI=1S/C13H17F2NO/c1-13(2)8-9(6-7-17-13)16-12-10(14)4-3-5-11(12)15/h3-5,9,16H,6-8H2,1-2H3. The first-order chi connectivity index (χ1) is 7.98. The lowest BCUT2D eigenvalue weighted by Crippen LogP contribution is -2.40. The van der Waals surface area contributed by atoms with E-state index >= 15 is 0 Å². The highest BCUT2D eigenvalue weighted by molar-refractivity contribution is 5.47. The van der Waals surface area contributed by atoms with E-state index in [9.17, 15) is 8.78 Å². The molecule has 1 saturated heterocycles.